The van der Waals surface area contributed by atoms with Gasteiger partial charge >= 0.3 is 12.1 Å². The predicted octanol–water partition coefficient (Wildman–Crippen LogP) is 3.64. The van der Waals surface area contributed by atoms with E-state index in [2.05, 4.69) is 5.32 Å². The van der Waals surface area contributed by atoms with Crippen LogP contribution in [0.3, 0.4) is 0 Å². The highest BCUT2D eigenvalue weighted by Gasteiger charge is 2.36. The molecule has 2 bridgehead atoms. The summed E-state index contributed by atoms with van der Waals surface area (Å²) >= 11 is 0. The largest absolute Gasteiger partial charge is 0.459 e. The third-order valence-corrected chi connectivity index (χ3v) is 5.06. The smallest absolute Gasteiger partial charge is 0.406 e. The fourth-order valence-electron chi connectivity index (χ4n) is 4.05. The highest BCUT2D eigenvalue weighted by atomic mass is 19.4. The van der Waals surface area contributed by atoms with Gasteiger partial charge in [0.15, 0.2) is 0 Å². The van der Waals surface area contributed by atoms with E-state index in [0.29, 0.717) is 23.0 Å². The van der Waals surface area contributed by atoms with Gasteiger partial charge in [-0.25, -0.2) is 4.79 Å². The van der Waals surface area contributed by atoms with E-state index in [1.165, 1.54) is 6.20 Å². The van der Waals surface area contributed by atoms with Crippen LogP contribution >= 0.6 is 0 Å². The summed E-state index contributed by atoms with van der Waals surface area (Å²) in [6.45, 7) is -1.13. The minimum atomic E-state index is -4.35. The molecule has 0 radical (unpaired) electrons. The number of piperidine rings is 1. The van der Waals surface area contributed by atoms with Crippen molar-refractivity contribution < 1.29 is 22.7 Å². The first-order chi connectivity index (χ1) is 11.9. The number of ether oxygens (including phenoxy) is 1. The first kappa shape index (κ1) is 16.4. The van der Waals surface area contributed by atoms with E-state index in [0.717, 1.165) is 30.3 Å². The summed E-state index contributed by atoms with van der Waals surface area (Å²) in [6.07, 6.45) is 0.448. The molecule has 2 aromatic rings. The number of alkyl halides is 3. The Labute approximate surface area is 142 Å². The molecular weight excluding hydrogens is 333 g/mol. The number of benzene rings is 1. The summed E-state index contributed by atoms with van der Waals surface area (Å²) in [4.78, 5) is 12.6. The van der Waals surface area contributed by atoms with Crippen molar-refractivity contribution >= 4 is 16.9 Å². The van der Waals surface area contributed by atoms with Crippen LogP contribution in [0.1, 0.15) is 36.0 Å². The third kappa shape index (κ3) is 3.38. The van der Waals surface area contributed by atoms with E-state index in [1.54, 1.807) is 24.3 Å². The number of rotatable bonds is 3. The fraction of sp³-hybridized carbons (Fsp3) is 0.500. The van der Waals surface area contributed by atoms with Crippen molar-refractivity contribution in [3.8, 4) is 0 Å². The number of nitrogens with zero attached hydrogens (tertiary/aromatic N) is 1. The minimum Gasteiger partial charge on any atom is -0.459 e. The lowest BCUT2D eigenvalue weighted by Gasteiger charge is -2.28. The lowest BCUT2D eigenvalue weighted by molar-refractivity contribution is -0.139. The van der Waals surface area contributed by atoms with E-state index in [4.69, 9.17) is 4.74 Å². The van der Waals surface area contributed by atoms with E-state index in [1.807, 2.05) is 0 Å². The van der Waals surface area contributed by atoms with Crippen LogP contribution < -0.4 is 5.32 Å². The van der Waals surface area contributed by atoms with Crippen LogP contribution in [0.2, 0.25) is 0 Å². The van der Waals surface area contributed by atoms with Crippen LogP contribution in [-0.2, 0) is 11.3 Å². The number of hydrogen-bond acceptors (Lipinski definition) is 3. The predicted molar refractivity (Wildman–Crippen MR) is 86.4 cm³/mol. The van der Waals surface area contributed by atoms with Crippen molar-refractivity contribution in [2.24, 2.45) is 0 Å². The molecule has 134 valence electrons. The lowest BCUT2D eigenvalue weighted by Crippen LogP contribution is -2.42. The molecule has 1 aromatic heterocycles. The second kappa shape index (κ2) is 6.05. The molecule has 0 saturated carbocycles. The van der Waals surface area contributed by atoms with E-state index >= 15 is 0 Å². The van der Waals surface area contributed by atoms with Crippen molar-refractivity contribution in [3.05, 3.63) is 36.0 Å². The number of carbonyl (C=O) groups is 1. The highest BCUT2D eigenvalue weighted by Crippen LogP contribution is 2.31. The molecule has 4 nitrogen and oxygen atoms in total. The summed E-state index contributed by atoms with van der Waals surface area (Å²) in [5.74, 6) is -0.538. The van der Waals surface area contributed by atoms with Gasteiger partial charge in [-0.3, -0.25) is 0 Å². The second-order valence-electron chi connectivity index (χ2n) is 6.94. The maximum atomic E-state index is 12.8. The van der Waals surface area contributed by atoms with Crippen LogP contribution in [0, 0.1) is 0 Å². The Balaban J connectivity index is 1.59. The molecule has 0 spiro atoms. The summed E-state index contributed by atoms with van der Waals surface area (Å²) in [5.41, 5.74) is 0.586. The molecule has 1 unspecified atom stereocenters. The van der Waals surface area contributed by atoms with Gasteiger partial charge in [-0.2, -0.15) is 13.2 Å². The topological polar surface area (TPSA) is 43.3 Å². The quantitative estimate of drug-likeness (QED) is 0.858. The first-order valence-electron chi connectivity index (χ1n) is 8.51. The van der Waals surface area contributed by atoms with Crippen LogP contribution in [0.15, 0.2) is 30.5 Å². The van der Waals surface area contributed by atoms with Gasteiger partial charge in [0.05, 0.1) is 5.56 Å². The van der Waals surface area contributed by atoms with E-state index in [9.17, 15) is 18.0 Å². The average Bonchev–Trinajstić information content (AvgIpc) is 3.07. The van der Waals surface area contributed by atoms with Gasteiger partial charge in [-0.05, 0) is 31.7 Å². The first-order valence-corrected chi connectivity index (χ1v) is 8.51. The molecular formula is C18H19F3N2O2. The van der Waals surface area contributed by atoms with Crippen molar-refractivity contribution in [1.29, 1.82) is 0 Å². The monoisotopic (exact) mass is 352 g/mol. The Kier molecular flexibility index (Phi) is 3.98. The number of aromatic nitrogens is 1. The average molecular weight is 352 g/mol. The van der Waals surface area contributed by atoms with Crippen molar-refractivity contribution in [2.45, 2.75) is 56.6 Å². The van der Waals surface area contributed by atoms with Crippen molar-refractivity contribution in [3.63, 3.8) is 0 Å². The molecule has 7 heteroatoms. The molecule has 2 saturated heterocycles. The molecule has 25 heavy (non-hydrogen) atoms. The van der Waals surface area contributed by atoms with Gasteiger partial charge in [0.1, 0.15) is 12.6 Å². The van der Waals surface area contributed by atoms with Gasteiger partial charge in [0.25, 0.3) is 0 Å². The highest BCUT2D eigenvalue weighted by molar-refractivity contribution is 6.04. The Morgan fingerprint density at radius 3 is 2.56 bits per heavy atom. The van der Waals surface area contributed by atoms with Crippen LogP contribution in [0.4, 0.5) is 13.2 Å². The van der Waals surface area contributed by atoms with Crippen LogP contribution in [-0.4, -0.2) is 34.9 Å². The Morgan fingerprint density at radius 1 is 1.20 bits per heavy atom. The zero-order valence-electron chi connectivity index (χ0n) is 13.6. The molecule has 1 aromatic carbocycles. The van der Waals surface area contributed by atoms with Crippen molar-refractivity contribution in [2.75, 3.05) is 0 Å². The Morgan fingerprint density at radius 2 is 1.88 bits per heavy atom. The normalized spacial score (nSPS) is 26.1. The SMILES string of the molecule is O=C(OC1C[C@H]2CC[C@@H](C1)N2)c1cn(CC(F)(F)F)c2ccccc12. The summed E-state index contributed by atoms with van der Waals surface area (Å²) < 4.78 is 45.1. The molecule has 4 rings (SSSR count). The molecule has 2 fully saturated rings. The maximum Gasteiger partial charge on any atom is 0.406 e. The molecule has 0 aliphatic carbocycles. The van der Waals surface area contributed by atoms with E-state index < -0.39 is 18.7 Å². The number of hydrogen-bond donors (Lipinski definition) is 1. The number of esters is 1. The molecule has 2 aliphatic rings. The summed E-state index contributed by atoms with van der Waals surface area (Å²) in [6, 6.07) is 7.37. The Hall–Kier alpha value is -2.02. The van der Waals surface area contributed by atoms with Crippen molar-refractivity contribution in [1.82, 2.24) is 9.88 Å². The van der Waals surface area contributed by atoms with Gasteiger partial charge < -0.3 is 14.6 Å². The second-order valence-corrected chi connectivity index (χ2v) is 6.94. The summed E-state index contributed by atoms with van der Waals surface area (Å²) in [5, 5.41) is 3.97. The van der Waals surface area contributed by atoms with E-state index in [-0.39, 0.29) is 11.7 Å². The van der Waals surface area contributed by atoms with Gasteiger partial charge in [0, 0.05) is 29.2 Å². The maximum absolute atomic E-state index is 12.8. The number of carbonyl (C=O) groups excluding carboxylic acids is 1. The van der Waals surface area contributed by atoms with Gasteiger partial charge in [-0.1, -0.05) is 18.2 Å². The fourth-order valence-corrected chi connectivity index (χ4v) is 4.05. The Bertz CT molecular complexity index is 787. The number of nitrogens with one attached hydrogen (secondary N) is 1. The molecule has 3 atom stereocenters. The minimum absolute atomic E-state index is 0.170. The standard InChI is InChI=1S/C18H19F3N2O2/c19-18(20,21)10-23-9-15(14-3-1-2-4-16(14)23)17(24)25-13-7-11-5-6-12(8-13)22-11/h1-4,9,11-13,22H,5-8,10H2/t11-,12+,13?. The molecule has 3 heterocycles. The zero-order valence-corrected chi connectivity index (χ0v) is 13.6. The molecule has 2 aliphatic heterocycles. The third-order valence-electron chi connectivity index (χ3n) is 5.06. The molecule has 0 amide bonds. The summed E-state index contributed by atoms with van der Waals surface area (Å²) in [7, 11) is 0. The zero-order chi connectivity index (χ0) is 17.6. The number of halogens is 3. The number of fused-ring (bicyclic) bond motifs is 3. The van der Waals surface area contributed by atoms with Crippen LogP contribution in [0.5, 0.6) is 0 Å². The van der Waals surface area contributed by atoms with Gasteiger partial charge in [-0.15, -0.1) is 0 Å². The lowest BCUT2D eigenvalue weighted by atomic mass is 10.0. The van der Waals surface area contributed by atoms with Gasteiger partial charge in [0.2, 0.25) is 0 Å². The number of para-hydroxylation sites is 1. The van der Waals surface area contributed by atoms with Crippen LogP contribution in [0.25, 0.3) is 10.9 Å². The molecule has 1 N–H and O–H groups in total.